The number of benzene rings is 2. The van der Waals surface area contributed by atoms with Crippen LogP contribution in [0.25, 0.3) is 11.4 Å². The summed E-state index contributed by atoms with van der Waals surface area (Å²) in [6.07, 6.45) is -1.06. The first-order valence-electron chi connectivity index (χ1n) is 13.0. The van der Waals surface area contributed by atoms with E-state index in [-0.39, 0.29) is 50.0 Å². The van der Waals surface area contributed by atoms with Gasteiger partial charge in [-0.3, -0.25) is 9.59 Å². The highest BCUT2D eigenvalue weighted by atomic mass is 16.4. The van der Waals surface area contributed by atoms with Gasteiger partial charge in [0.25, 0.3) is 5.91 Å². The number of carbonyl (C=O) groups excluding carboxylic acids is 2. The van der Waals surface area contributed by atoms with Crippen molar-refractivity contribution in [2.75, 3.05) is 31.5 Å². The van der Waals surface area contributed by atoms with Crippen molar-refractivity contribution >= 4 is 23.7 Å². The maximum absolute atomic E-state index is 13.6. The molecule has 1 atom stereocenters. The Morgan fingerprint density at radius 2 is 1.61 bits per heavy atom. The summed E-state index contributed by atoms with van der Waals surface area (Å²) < 4.78 is 0. The van der Waals surface area contributed by atoms with Gasteiger partial charge in [-0.2, -0.15) is 5.21 Å². The Kier molecular flexibility index (Phi) is 8.38. The van der Waals surface area contributed by atoms with Gasteiger partial charge in [-0.05, 0) is 5.56 Å². The van der Waals surface area contributed by atoms with E-state index in [2.05, 4.69) is 41.2 Å². The van der Waals surface area contributed by atoms with Crippen molar-refractivity contribution in [2.45, 2.75) is 19.0 Å². The molecule has 14 nitrogen and oxygen atoms in total. The zero-order valence-corrected chi connectivity index (χ0v) is 22.0. The predicted molar refractivity (Wildman–Crippen MR) is 147 cm³/mol. The highest BCUT2D eigenvalue weighted by Gasteiger charge is 2.31. The molecule has 0 aliphatic carbocycles. The molecule has 3 amide bonds. The third-order valence-electron chi connectivity index (χ3n) is 6.55. The molecule has 14 heteroatoms. The molecule has 1 unspecified atom stereocenters. The molecule has 0 saturated carbocycles. The predicted octanol–water partition coefficient (Wildman–Crippen LogP) is 1.43. The number of rotatable bonds is 9. The molecule has 0 radical (unpaired) electrons. The molecule has 1 aliphatic rings. The maximum atomic E-state index is 13.6. The third kappa shape index (κ3) is 6.98. The van der Waals surface area contributed by atoms with Gasteiger partial charge in [0.1, 0.15) is 17.6 Å². The minimum absolute atomic E-state index is 0.0179. The Morgan fingerprint density at radius 3 is 2.27 bits per heavy atom. The average molecular weight is 557 g/mol. The molecular formula is C27H28N10O4. The maximum Gasteiger partial charge on any atom is 0.407 e. The smallest absolute Gasteiger partial charge is 0.407 e. The van der Waals surface area contributed by atoms with E-state index in [9.17, 15) is 19.5 Å². The fourth-order valence-corrected chi connectivity index (χ4v) is 4.38. The zero-order valence-electron chi connectivity index (χ0n) is 22.0. The lowest BCUT2D eigenvalue weighted by atomic mass is 10.1. The number of amides is 3. The first kappa shape index (κ1) is 27.2. The number of aromatic nitrogens is 6. The summed E-state index contributed by atoms with van der Waals surface area (Å²) in [6.45, 7) is 1.22. The van der Waals surface area contributed by atoms with Crippen molar-refractivity contribution in [3.8, 4) is 11.4 Å². The largest absolute Gasteiger partial charge is 0.465 e. The van der Waals surface area contributed by atoms with Crippen LogP contribution in [-0.4, -0.2) is 95.6 Å². The quantitative estimate of drug-likeness (QED) is 0.235. The molecule has 210 valence electrons. The summed E-state index contributed by atoms with van der Waals surface area (Å²) in [6, 6.07) is 19.5. The van der Waals surface area contributed by atoms with E-state index in [0.717, 1.165) is 11.1 Å². The highest BCUT2D eigenvalue weighted by molar-refractivity contribution is 5.97. The molecule has 0 spiro atoms. The Labute approximate surface area is 234 Å². The number of hydrogen-bond acceptors (Lipinski definition) is 9. The fraction of sp³-hybridized carbons (Fsp3) is 0.259. The summed E-state index contributed by atoms with van der Waals surface area (Å²) in [5, 5.41) is 29.0. The van der Waals surface area contributed by atoms with Crippen LogP contribution in [0.2, 0.25) is 0 Å². The standard InChI is InChI=1S/C27H28N10O4/c38-25(30-21(16-23-32-34-35-33-23)26(39)36-11-13-37(14-12-36)27(40)41)20-15-22(28-17-18-7-3-1-4-8-18)31-24(29-20)19-9-5-2-6-10-19/h1-10,15,21H,11-14,16-17H2,(H,30,38)(H,40,41)(H,28,29,31)(H,32,33,34,35). The number of hydrogen-bond donors (Lipinski definition) is 4. The second kappa shape index (κ2) is 12.6. The topological polar surface area (TPSA) is 182 Å². The molecule has 41 heavy (non-hydrogen) atoms. The van der Waals surface area contributed by atoms with Crippen LogP contribution in [0.15, 0.2) is 66.7 Å². The molecule has 4 aromatic rings. The zero-order chi connectivity index (χ0) is 28.6. The van der Waals surface area contributed by atoms with Crippen molar-refractivity contribution in [1.82, 2.24) is 45.7 Å². The lowest BCUT2D eigenvalue weighted by Crippen LogP contribution is -2.56. The first-order valence-corrected chi connectivity index (χ1v) is 13.0. The SMILES string of the molecule is O=C(NC(Cc1nn[nH]n1)C(=O)N1CCN(C(=O)O)CC1)c1cc(NCc2ccccc2)nc(-c2ccccc2)n1. The van der Waals surface area contributed by atoms with Crippen molar-refractivity contribution < 1.29 is 19.5 Å². The molecule has 1 fully saturated rings. The number of carboxylic acid groups (broad SMARTS) is 1. The Balaban J connectivity index is 1.38. The number of tetrazole rings is 1. The van der Waals surface area contributed by atoms with Crippen molar-refractivity contribution in [2.24, 2.45) is 0 Å². The minimum atomic E-state index is -1.04. The Bertz CT molecular complexity index is 1480. The monoisotopic (exact) mass is 556 g/mol. The van der Waals surface area contributed by atoms with Gasteiger partial charge in [-0.25, -0.2) is 14.8 Å². The molecule has 2 aromatic carbocycles. The number of H-pyrrole nitrogens is 1. The van der Waals surface area contributed by atoms with Crippen LogP contribution in [0.5, 0.6) is 0 Å². The number of anilines is 1. The number of nitrogens with zero attached hydrogens (tertiary/aromatic N) is 7. The molecule has 2 aromatic heterocycles. The summed E-state index contributed by atoms with van der Waals surface area (Å²) in [5.74, 6) is 0.0651. The summed E-state index contributed by atoms with van der Waals surface area (Å²) in [5.41, 5.74) is 1.82. The van der Waals surface area contributed by atoms with E-state index in [4.69, 9.17) is 0 Å². The van der Waals surface area contributed by atoms with Crippen LogP contribution < -0.4 is 10.6 Å². The van der Waals surface area contributed by atoms with Gasteiger partial charge in [0, 0.05) is 50.8 Å². The summed E-state index contributed by atoms with van der Waals surface area (Å²) in [4.78, 5) is 50.2. The van der Waals surface area contributed by atoms with Gasteiger partial charge in [0.15, 0.2) is 11.6 Å². The van der Waals surface area contributed by atoms with Crippen LogP contribution in [0.4, 0.5) is 10.6 Å². The van der Waals surface area contributed by atoms with Gasteiger partial charge in [-0.15, -0.1) is 10.2 Å². The van der Waals surface area contributed by atoms with Gasteiger partial charge < -0.3 is 25.5 Å². The lowest BCUT2D eigenvalue weighted by molar-refractivity contribution is -0.134. The molecule has 0 bridgehead atoms. The number of nitrogens with one attached hydrogen (secondary N) is 3. The molecule has 3 heterocycles. The van der Waals surface area contributed by atoms with E-state index < -0.39 is 18.0 Å². The second-order valence-electron chi connectivity index (χ2n) is 9.32. The summed E-state index contributed by atoms with van der Waals surface area (Å²) >= 11 is 0. The molecular weight excluding hydrogens is 528 g/mol. The molecule has 1 saturated heterocycles. The average Bonchev–Trinajstić information content (AvgIpc) is 3.53. The molecule has 4 N–H and O–H groups in total. The van der Waals surface area contributed by atoms with E-state index in [1.165, 1.54) is 15.9 Å². The Hall–Kier alpha value is -5.40. The fourth-order valence-electron chi connectivity index (χ4n) is 4.38. The highest BCUT2D eigenvalue weighted by Crippen LogP contribution is 2.19. The van der Waals surface area contributed by atoms with Gasteiger partial charge in [-0.1, -0.05) is 65.9 Å². The van der Waals surface area contributed by atoms with E-state index in [1.807, 2.05) is 60.7 Å². The summed E-state index contributed by atoms with van der Waals surface area (Å²) in [7, 11) is 0. The van der Waals surface area contributed by atoms with Crippen molar-refractivity contribution in [1.29, 1.82) is 0 Å². The molecule has 1 aliphatic heterocycles. The van der Waals surface area contributed by atoms with Crippen LogP contribution in [0.1, 0.15) is 21.9 Å². The van der Waals surface area contributed by atoms with Crippen LogP contribution in [0, 0.1) is 0 Å². The minimum Gasteiger partial charge on any atom is -0.465 e. The van der Waals surface area contributed by atoms with Crippen molar-refractivity contribution in [3.63, 3.8) is 0 Å². The third-order valence-corrected chi connectivity index (χ3v) is 6.55. The van der Waals surface area contributed by atoms with E-state index in [1.54, 1.807) is 0 Å². The van der Waals surface area contributed by atoms with Gasteiger partial charge >= 0.3 is 6.09 Å². The first-order chi connectivity index (χ1) is 20.0. The number of aromatic amines is 1. The van der Waals surface area contributed by atoms with Crippen LogP contribution in [0.3, 0.4) is 0 Å². The van der Waals surface area contributed by atoms with E-state index >= 15 is 0 Å². The van der Waals surface area contributed by atoms with Gasteiger partial charge in [0.05, 0.1) is 0 Å². The molecule has 5 rings (SSSR count). The lowest BCUT2D eigenvalue weighted by Gasteiger charge is -2.35. The van der Waals surface area contributed by atoms with E-state index in [0.29, 0.717) is 18.2 Å². The Morgan fingerprint density at radius 1 is 0.927 bits per heavy atom. The van der Waals surface area contributed by atoms with Crippen LogP contribution in [-0.2, 0) is 17.8 Å². The normalized spacial score (nSPS) is 13.9. The van der Waals surface area contributed by atoms with Crippen LogP contribution >= 0.6 is 0 Å². The second-order valence-corrected chi connectivity index (χ2v) is 9.32. The number of carbonyl (C=O) groups is 3. The van der Waals surface area contributed by atoms with Gasteiger partial charge in [0.2, 0.25) is 5.91 Å². The van der Waals surface area contributed by atoms with Crippen molar-refractivity contribution in [3.05, 3.63) is 83.8 Å². The number of piperazine rings is 1.